The van der Waals surface area contributed by atoms with Gasteiger partial charge in [-0.2, -0.15) is 4.68 Å². The predicted molar refractivity (Wildman–Crippen MR) is 81.5 cm³/mol. The molecule has 0 saturated heterocycles. The first-order chi connectivity index (χ1) is 10.5. The molecule has 8 nitrogen and oxygen atoms in total. The number of sulfone groups is 1. The van der Waals surface area contributed by atoms with Crippen LogP contribution in [0, 0.1) is 0 Å². The lowest BCUT2D eigenvalue weighted by atomic mass is 10.4. The monoisotopic (exact) mass is 332 g/mol. The van der Waals surface area contributed by atoms with Gasteiger partial charge in [0, 0.05) is 26.8 Å². The lowest BCUT2D eigenvalue weighted by Crippen LogP contribution is -2.36. The Morgan fingerprint density at radius 1 is 1.36 bits per heavy atom. The average molecular weight is 332 g/mol. The van der Waals surface area contributed by atoms with Gasteiger partial charge >= 0.3 is 6.03 Å². The summed E-state index contributed by atoms with van der Waals surface area (Å²) in [5, 5.41) is 3.54. The van der Waals surface area contributed by atoms with Crippen LogP contribution in [0.1, 0.15) is 33.1 Å². The van der Waals surface area contributed by atoms with Gasteiger partial charge in [0.2, 0.25) is 9.84 Å². The van der Waals surface area contributed by atoms with E-state index in [9.17, 15) is 13.2 Å². The van der Waals surface area contributed by atoms with E-state index >= 15 is 0 Å². The zero-order valence-electron chi connectivity index (χ0n) is 13.4. The number of methoxy groups -OCH3 is 1. The molecule has 1 aromatic rings. The molecule has 1 aromatic heterocycles. The van der Waals surface area contributed by atoms with Crippen molar-refractivity contribution in [1.29, 1.82) is 0 Å². The summed E-state index contributed by atoms with van der Waals surface area (Å²) in [6.07, 6.45) is 3.16. The van der Waals surface area contributed by atoms with Crippen molar-refractivity contribution < 1.29 is 17.9 Å². The molecule has 1 rings (SSSR count). The molecule has 126 valence electrons. The molecule has 0 bridgehead atoms. The van der Waals surface area contributed by atoms with Crippen LogP contribution in [-0.2, 0) is 14.6 Å². The molecule has 0 aromatic carbocycles. The van der Waals surface area contributed by atoms with Crippen LogP contribution < -0.4 is 0 Å². The highest BCUT2D eigenvalue weighted by Crippen LogP contribution is 2.07. The topological polar surface area (TPSA) is 94.4 Å². The van der Waals surface area contributed by atoms with E-state index < -0.39 is 9.84 Å². The lowest BCUT2D eigenvalue weighted by Gasteiger charge is -2.19. The molecule has 9 heteroatoms. The van der Waals surface area contributed by atoms with E-state index in [2.05, 4.69) is 10.1 Å². The number of ether oxygens (including phenoxy) is 1. The van der Waals surface area contributed by atoms with Gasteiger partial charge in [0.1, 0.15) is 6.33 Å². The largest absolute Gasteiger partial charge is 0.385 e. The molecule has 22 heavy (non-hydrogen) atoms. The van der Waals surface area contributed by atoms with E-state index in [1.165, 1.54) is 0 Å². The van der Waals surface area contributed by atoms with E-state index in [1.807, 2.05) is 13.8 Å². The number of carbonyl (C=O) groups is 1. The minimum absolute atomic E-state index is 0.00691. The second-order valence-corrected chi connectivity index (χ2v) is 6.86. The van der Waals surface area contributed by atoms with Crippen molar-refractivity contribution in [3.63, 3.8) is 0 Å². The molecule has 1 heterocycles. The molecule has 0 spiro atoms. The highest BCUT2D eigenvalue weighted by atomic mass is 32.2. The van der Waals surface area contributed by atoms with Gasteiger partial charge in [-0.1, -0.05) is 13.3 Å². The van der Waals surface area contributed by atoms with Gasteiger partial charge in [-0.25, -0.2) is 18.2 Å². The van der Waals surface area contributed by atoms with Crippen molar-refractivity contribution in [3.05, 3.63) is 6.33 Å². The van der Waals surface area contributed by atoms with E-state index in [1.54, 1.807) is 12.0 Å². The number of amides is 1. The molecule has 1 amide bonds. The minimum Gasteiger partial charge on any atom is -0.385 e. The fraction of sp³-hybridized carbons (Fsp3) is 0.769. The van der Waals surface area contributed by atoms with Gasteiger partial charge in [0.05, 0.1) is 5.75 Å². The van der Waals surface area contributed by atoms with E-state index in [-0.39, 0.29) is 16.9 Å². The van der Waals surface area contributed by atoms with Crippen LogP contribution in [0.5, 0.6) is 0 Å². The Morgan fingerprint density at radius 2 is 2.09 bits per heavy atom. The zero-order valence-corrected chi connectivity index (χ0v) is 14.2. The van der Waals surface area contributed by atoms with Crippen LogP contribution in [0.2, 0.25) is 0 Å². The summed E-state index contributed by atoms with van der Waals surface area (Å²) in [4.78, 5) is 17.6. The van der Waals surface area contributed by atoms with Gasteiger partial charge in [-0.15, -0.1) is 5.10 Å². The minimum atomic E-state index is -3.52. The molecule has 0 saturated carbocycles. The Morgan fingerprint density at radius 3 is 2.68 bits per heavy atom. The first-order valence-electron chi connectivity index (χ1n) is 7.38. The van der Waals surface area contributed by atoms with Crippen LogP contribution >= 0.6 is 0 Å². The normalized spacial score (nSPS) is 11.6. The maximum atomic E-state index is 12.3. The Hall–Kier alpha value is -1.48. The summed E-state index contributed by atoms with van der Waals surface area (Å²) in [7, 11) is -1.92. The summed E-state index contributed by atoms with van der Waals surface area (Å²) in [6.45, 7) is 5.32. The average Bonchev–Trinajstić information content (AvgIpc) is 3.00. The van der Waals surface area contributed by atoms with Gasteiger partial charge in [0.25, 0.3) is 5.16 Å². The van der Waals surface area contributed by atoms with Gasteiger partial charge in [-0.05, 0) is 19.8 Å². The van der Waals surface area contributed by atoms with E-state index in [0.717, 1.165) is 17.4 Å². The van der Waals surface area contributed by atoms with Crippen molar-refractivity contribution in [2.75, 3.05) is 32.6 Å². The van der Waals surface area contributed by atoms with Crippen LogP contribution in [-0.4, -0.2) is 66.7 Å². The van der Waals surface area contributed by atoms with Crippen molar-refractivity contribution in [2.24, 2.45) is 0 Å². The Bertz CT molecular complexity index is 570. The quantitative estimate of drug-likeness (QED) is 0.630. The summed E-state index contributed by atoms with van der Waals surface area (Å²) < 4.78 is 29.9. The molecular weight excluding hydrogens is 308 g/mol. The highest BCUT2D eigenvalue weighted by molar-refractivity contribution is 7.91. The summed E-state index contributed by atoms with van der Waals surface area (Å²) in [6, 6.07) is -0.386. The third-order valence-corrected chi connectivity index (χ3v) is 4.71. The summed E-state index contributed by atoms with van der Waals surface area (Å²) in [5.74, 6) is -0.00691. The predicted octanol–water partition coefficient (Wildman–Crippen LogP) is 1.18. The number of unbranched alkanes of at least 4 members (excludes halogenated alkanes) is 1. The lowest BCUT2D eigenvalue weighted by molar-refractivity contribution is 0.169. The van der Waals surface area contributed by atoms with Crippen molar-refractivity contribution in [2.45, 2.75) is 38.3 Å². The number of carbonyl (C=O) groups excluding carboxylic acids is 1. The second kappa shape index (κ2) is 8.84. The van der Waals surface area contributed by atoms with Gasteiger partial charge in [-0.3, -0.25) is 0 Å². The second-order valence-electron chi connectivity index (χ2n) is 4.85. The zero-order chi connectivity index (χ0) is 16.6. The Balaban J connectivity index is 2.79. The Kier molecular flexibility index (Phi) is 7.46. The fourth-order valence-electron chi connectivity index (χ4n) is 1.84. The van der Waals surface area contributed by atoms with Crippen LogP contribution in [0.25, 0.3) is 0 Å². The standard InChI is InChI=1S/C13H24N4O4S/c1-4-6-10-22(19,20)12-14-11-17(15-12)13(18)16(5-2)8-7-9-21-3/h11H,4-10H2,1-3H3. The highest BCUT2D eigenvalue weighted by Gasteiger charge is 2.22. The first-order valence-corrected chi connectivity index (χ1v) is 9.04. The molecule has 0 unspecified atom stereocenters. The van der Waals surface area contributed by atoms with Crippen LogP contribution in [0.15, 0.2) is 11.5 Å². The summed E-state index contributed by atoms with van der Waals surface area (Å²) in [5.41, 5.74) is 0. The van der Waals surface area contributed by atoms with Crippen LogP contribution in [0.4, 0.5) is 4.79 Å². The molecular formula is C13H24N4O4S. The maximum absolute atomic E-state index is 12.3. The molecule has 0 atom stereocenters. The number of nitrogens with zero attached hydrogens (tertiary/aromatic N) is 4. The van der Waals surface area contributed by atoms with Gasteiger partial charge in [0.15, 0.2) is 0 Å². The molecule has 0 N–H and O–H groups in total. The molecule has 0 fully saturated rings. The number of hydrogen-bond donors (Lipinski definition) is 0. The Labute approximate surface area is 131 Å². The van der Waals surface area contributed by atoms with Crippen molar-refractivity contribution >= 4 is 15.9 Å². The van der Waals surface area contributed by atoms with E-state index in [4.69, 9.17) is 4.74 Å². The number of rotatable bonds is 9. The smallest absolute Gasteiger partial charge is 0.346 e. The number of aromatic nitrogens is 3. The third kappa shape index (κ3) is 5.06. The number of hydrogen-bond acceptors (Lipinski definition) is 6. The van der Waals surface area contributed by atoms with Crippen molar-refractivity contribution in [1.82, 2.24) is 19.7 Å². The van der Waals surface area contributed by atoms with Crippen molar-refractivity contribution in [3.8, 4) is 0 Å². The molecule has 0 aliphatic rings. The fourth-order valence-corrected chi connectivity index (χ4v) is 3.11. The third-order valence-electron chi connectivity index (χ3n) is 3.14. The molecule has 0 aliphatic heterocycles. The van der Waals surface area contributed by atoms with E-state index in [0.29, 0.717) is 32.5 Å². The SMILES string of the molecule is CCCCS(=O)(=O)c1ncn(C(=O)N(CC)CCCOC)n1. The van der Waals surface area contributed by atoms with Gasteiger partial charge < -0.3 is 9.64 Å². The summed E-state index contributed by atoms with van der Waals surface area (Å²) >= 11 is 0. The van der Waals surface area contributed by atoms with Crippen LogP contribution in [0.3, 0.4) is 0 Å². The molecule has 0 radical (unpaired) electrons. The first kappa shape index (κ1) is 18.6. The maximum Gasteiger partial charge on any atom is 0.346 e. The molecule has 0 aliphatic carbocycles.